The van der Waals surface area contributed by atoms with Crippen LogP contribution >= 0.6 is 0 Å². The minimum Gasteiger partial charge on any atom is -0.481 e. The zero-order chi connectivity index (χ0) is 15.6. The summed E-state index contributed by atoms with van der Waals surface area (Å²) in [5.41, 5.74) is 3.41. The fourth-order valence-electron chi connectivity index (χ4n) is 2.53. The second-order valence-electron chi connectivity index (χ2n) is 4.98. The van der Waals surface area contributed by atoms with E-state index in [9.17, 15) is 4.79 Å². The zero-order valence-corrected chi connectivity index (χ0v) is 12.8. The van der Waals surface area contributed by atoms with Gasteiger partial charge in [0, 0.05) is 23.0 Å². The fraction of sp³-hybridized carbons (Fsp3) is 0.467. The third-order valence-corrected chi connectivity index (χ3v) is 3.34. The van der Waals surface area contributed by atoms with Crippen LogP contribution in [-0.4, -0.2) is 30.8 Å². The number of carboxylic acids is 1. The van der Waals surface area contributed by atoms with Crippen LogP contribution in [0.25, 0.3) is 5.82 Å². The Labute approximate surface area is 123 Å². The van der Waals surface area contributed by atoms with E-state index in [0.29, 0.717) is 24.5 Å². The Hall–Kier alpha value is -2.24. The minimum atomic E-state index is -0.839. The van der Waals surface area contributed by atoms with Crippen LogP contribution < -0.4 is 0 Å². The molecule has 0 spiro atoms. The third kappa shape index (κ3) is 3.09. The van der Waals surface area contributed by atoms with Crippen molar-refractivity contribution in [1.82, 2.24) is 19.7 Å². The molecule has 1 N–H and O–H groups in total. The number of aryl methyl sites for hydroxylation is 3. The Morgan fingerprint density at radius 1 is 1.24 bits per heavy atom. The van der Waals surface area contributed by atoms with Gasteiger partial charge in [-0.25, -0.2) is 14.6 Å². The highest BCUT2D eigenvalue weighted by Gasteiger charge is 2.19. The Bertz CT molecular complexity index is 656. The summed E-state index contributed by atoms with van der Waals surface area (Å²) in [6.45, 7) is 7.73. The first kappa shape index (κ1) is 15.2. The smallest absolute Gasteiger partial charge is 0.307 e. The van der Waals surface area contributed by atoms with Crippen LogP contribution in [0, 0.1) is 13.8 Å². The van der Waals surface area contributed by atoms with Crippen molar-refractivity contribution in [3.63, 3.8) is 0 Å². The van der Waals surface area contributed by atoms with Gasteiger partial charge in [0.1, 0.15) is 5.82 Å². The van der Waals surface area contributed by atoms with Gasteiger partial charge in [0.2, 0.25) is 0 Å². The van der Waals surface area contributed by atoms with E-state index in [1.807, 2.05) is 33.8 Å². The van der Waals surface area contributed by atoms with Crippen LogP contribution in [0.5, 0.6) is 0 Å². The van der Waals surface area contributed by atoms with Crippen LogP contribution in [0.3, 0.4) is 0 Å². The Morgan fingerprint density at radius 3 is 2.48 bits per heavy atom. The topological polar surface area (TPSA) is 80.9 Å². The standard InChI is InChI=1S/C15H20N4O2/c1-5-12-11(8-15(20)21)13(6-2)19(18-12)14-7-9(3)16-10(4)17-14/h7H,5-6,8H2,1-4H3,(H,20,21). The second kappa shape index (κ2) is 6.03. The van der Waals surface area contributed by atoms with Crippen molar-refractivity contribution < 1.29 is 9.90 Å². The highest BCUT2D eigenvalue weighted by Crippen LogP contribution is 2.20. The minimum absolute atomic E-state index is 0.00457. The van der Waals surface area contributed by atoms with Crippen molar-refractivity contribution in [2.45, 2.75) is 47.0 Å². The number of hydrogen-bond donors (Lipinski definition) is 1. The van der Waals surface area contributed by atoms with Gasteiger partial charge in [-0.3, -0.25) is 4.79 Å². The van der Waals surface area contributed by atoms with Gasteiger partial charge >= 0.3 is 5.97 Å². The highest BCUT2D eigenvalue weighted by molar-refractivity contribution is 5.71. The van der Waals surface area contributed by atoms with E-state index in [4.69, 9.17) is 5.11 Å². The molecule has 2 aromatic rings. The maximum atomic E-state index is 11.1. The van der Waals surface area contributed by atoms with Gasteiger partial charge in [0.15, 0.2) is 5.82 Å². The lowest BCUT2D eigenvalue weighted by Crippen LogP contribution is -2.08. The summed E-state index contributed by atoms with van der Waals surface area (Å²) in [7, 11) is 0. The molecule has 2 rings (SSSR count). The van der Waals surface area contributed by atoms with Crippen LogP contribution in [-0.2, 0) is 24.1 Å². The molecule has 21 heavy (non-hydrogen) atoms. The van der Waals surface area contributed by atoms with Crippen molar-refractivity contribution >= 4 is 5.97 Å². The third-order valence-electron chi connectivity index (χ3n) is 3.34. The summed E-state index contributed by atoms with van der Waals surface area (Å²) in [5.74, 6) is 0.539. The number of rotatable bonds is 5. The van der Waals surface area contributed by atoms with Crippen LogP contribution in [0.2, 0.25) is 0 Å². The number of aromatic nitrogens is 4. The normalized spacial score (nSPS) is 10.9. The molecule has 6 nitrogen and oxygen atoms in total. The predicted molar refractivity (Wildman–Crippen MR) is 78.7 cm³/mol. The van der Waals surface area contributed by atoms with Crippen molar-refractivity contribution in [1.29, 1.82) is 0 Å². The van der Waals surface area contributed by atoms with Gasteiger partial charge < -0.3 is 5.11 Å². The van der Waals surface area contributed by atoms with Crippen LogP contribution in [0.1, 0.15) is 42.3 Å². The molecular weight excluding hydrogens is 268 g/mol. The lowest BCUT2D eigenvalue weighted by atomic mass is 10.1. The van der Waals surface area contributed by atoms with E-state index in [2.05, 4.69) is 15.1 Å². The molecule has 0 saturated carbocycles. The van der Waals surface area contributed by atoms with Crippen molar-refractivity contribution in [2.24, 2.45) is 0 Å². The quantitative estimate of drug-likeness (QED) is 0.910. The first-order chi connectivity index (χ1) is 9.96. The lowest BCUT2D eigenvalue weighted by Gasteiger charge is -2.07. The molecule has 112 valence electrons. The number of aliphatic carboxylic acids is 1. The molecule has 0 amide bonds. The van der Waals surface area contributed by atoms with Gasteiger partial charge in [0.05, 0.1) is 12.1 Å². The van der Waals surface area contributed by atoms with E-state index in [1.54, 1.807) is 4.68 Å². The number of carbonyl (C=O) groups is 1. The molecule has 2 aromatic heterocycles. The molecule has 0 fully saturated rings. The van der Waals surface area contributed by atoms with Gasteiger partial charge in [-0.05, 0) is 26.7 Å². The van der Waals surface area contributed by atoms with Crippen molar-refractivity contribution in [3.8, 4) is 5.82 Å². The van der Waals surface area contributed by atoms with E-state index < -0.39 is 5.97 Å². The Balaban J connectivity index is 2.62. The molecule has 0 atom stereocenters. The van der Waals surface area contributed by atoms with Crippen LogP contribution in [0.15, 0.2) is 6.07 Å². The average molecular weight is 288 g/mol. The number of carboxylic acid groups (broad SMARTS) is 1. The van der Waals surface area contributed by atoms with E-state index in [-0.39, 0.29) is 6.42 Å². The largest absolute Gasteiger partial charge is 0.481 e. The van der Waals surface area contributed by atoms with Crippen LogP contribution in [0.4, 0.5) is 0 Å². The average Bonchev–Trinajstić information content (AvgIpc) is 2.74. The van der Waals surface area contributed by atoms with E-state index in [0.717, 1.165) is 22.6 Å². The summed E-state index contributed by atoms with van der Waals surface area (Å²) in [6.07, 6.45) is 1.40. The van der Waals surface area contributed by atoms with Gasteiger partial charge in [0.25, 0.3) is 0 Å². The second-order valence-corrected chi connectivity index (χ2v) is 4.98. The molecule has 0 aliphatic rings. The number of nitrogens with zero attached hydrogens (tertiary/aromatic N) is 4. The molecular formula is C15H20N4O2. The first-order valence-electron chi connectivity index (χ1n) is 7.10. The Kier molecular flexibility index (Phi) is 4.35. The van der Waals surface area contributed by atoms with Gasteiger partial charge in [-0.15, -0.1) is 0 Å². The molecule has 0 bridgehead atoms. The fourth-order valence-corrected chi connectivity index (χ4v) is 2.53. The number of hydrogen-bond acceptors (Lipinski definition) is 4. The molecule has 0 aliphatic heterocycles. The monoisotopic (exact) mass is 288 g/mol. The molecule has 0 aromatic carbocycles. The van der Waals surface area contributed by atoms with Gasteiger partial charge in [-0.2, -0.15) is 5.10 Å². The summed E-state index contributed by atoms with van der Waals surface area (Å²) >= 11 is 0. The lowest BCUT2D eigenvalue weighted by molar-refractivity contribution is -0.136. The van der Waals surface area contributed by atoms with E-state index in [1.165, 1.54) is 0 Å². The molecule has 0 aliphatic carbocycles. The first-order valence-corrected chi connectivity index (χ1v) is 7.10. The maximum Gasteiger partial charge on any atom is 0.307 e. The summed E-state index contributed by atoms with van der Waals surface area (Å²) in [6, 6.07) is 1.86. The summed E-state index contributed by atoms with van der Waals surface area (Å²) < 4.78 is 1.76. The van der Waals surface area contributed by atoms with E-state index >= 15 is 0 Å². The molecule has 0 saturated heterocycles. The summed E-state index contributed by atoms with van der Waals surface area (Å²) in [5, 5.41) is 13.7. The molecule has 0 unspecified atom stereocenters. The zero-order valence-electron chi connectivity index (χ0n) is 12.8. The molecule has 0 radical (unpaired) electrons. The summed E-state index contributed by atoms with van der Waals surface area (Å²) in [4.78, 5) is 19.8. The van der Waals surface area contributed by atoms with Crippen molar-refractivity contribution in [2.75, 3.05) is 0 Å². The SMILES string of the molecule is CCc1nn(-c2cc(C)nc(C)n2)c(CC)c1CC(=O)O. The molecule has 2 heterocycles. The highest BCUT2D eigenvalue weighted by atomic mass is 16.4. The predicted octanol–water partition coefficient (Wildman–Crippen LogP) is 2.03. The molecule has 6 heteroatoms. The maximum absolute atomic E-state index is 11.1. The Morgan fingerprint density at radius 2 is 1.95 bits per heavy atom. The van der Waals surface area contributed by atoms with Gasteiger partial charge in [-0.1, -0.05) is 13.8 Å². The van der Waals surface area contributed by atoms with Crippen molar-refractivity contribution in [3.05, 3.63) is 34.5 Å².